The monoisotopic (exact) mass is 307 g/mol. The maximum atomic E-state index is 12.0. The fourth-order valence-corrected chi connectivity index (χ4v) is 2.56. The molecule has 0 radical (unpaired) electrons. The Kier molecular flexibility index (Phi) is 5.71. The standard InChI is InChI=1S/C15H21N3O4/c1-22-14-6-5-12(18(20)21)11-13(14)16-15(19)7-10-17-8-3-2-4-9-17/h5-6,11H,2-4,7-10H2,1H3,(H,16,19). The number of nitrogens with zero attached hydrogens (tertiary/aromatic N) is 2. The highest BCUT2D eigenvalue weighted by Gasteiger charge is 2.15. The largest absolute Gasteiger partial charge is 0.495 e. The Morgan fingerprint density at radius 3 is 2.73 bits per heavy atom. The minimum atomic E-state index is -0.497. The zero-order valence-electron chi connectivity index (χ0n) is 12.7. The van der Waals surface area contributed by atoms with E-state index in [0.29, 0.717) is 24.4 Å². The highest BCUT2D eigenvalue weighted by atomic mass is 16.6. The number of piperidine rings is 1. The van der Waals surface area contributed by atoms with Gasteiger partial charge in [-0.1, -0.05) is 6.42 Å². The molecule has 1 fully saturated rings. The maximum absolute atomic E-state index is 12.0. The quantitative estimate of drug-likeness (QED) is 0.644. The van der Waals surface area contributed by atoms with Crippen molar-refractivity contribution in [2.45, 2.75) is 25.7 Å². The van der Waals surface area contributed by atoms with E-state index >= 15 is 0 Å². The summed E-state index contributed by atoms with van der Waals surface area (Å²) in [4.78, 5) is 24.6. The predicted octanol–water partition coefficient (Wildman–Crippen LogP) is 2.42. The van der Waals surface area contributed by atoms with E-state index < -0.39 is 4.92 Å². The van der Waals surface area contributed by atoms with Crippen LogP contribution in [-0.2, 0) is 4.79 Å². The van der Waals surface area contributed by atoms with Crippen molar-refractivity contribution in [1.29, 1.82) is 0 Å². The molecule has 0 bridgehead atoms. The molecular formula is C15H21N3O4. The van der Waals surface area contributed by atoms with Gasteiger partial charge in [-0.05, 0) is 32.0 Å². The van der Waals surface area contributed by atoms with Crippen molar-refractivity contribution in [2.75, 3.05) is 32.1 Å². The number of hydrogen-bond donors (Lipinski definition) is 1. The predicted molar refractivity (Wildman–Crippen MR) is 83.2 cm³/mol. The van der Waals surface area contributed by atoms with Gasteiger partial charge < -0.3 is 15.0 Å². The van der Waals surface area contributed by atoms with Crippen LogP contribution in [0.1, 0.15) is 25.7 Å². The topological polar surface area (TPSA) is 84.7 Å². The van der Waals surface area contributed by atoms with Gasteiger partial charge in [0.25, 0.3) is 5.69 Å². The minimum absolute atomic E-state index is 0.0767. The van der Waals surface area contributed by atoms with Crippen molar-refractivity contribution in [2.24, 2.45) is 0 Å². The number of rotatable bonds is 6. The number of anilines is 1. The molecule has 7 heteroatoms. The first-order valence-electron chi connectivity index (χ1n) is 7.45. The number of methoxy groups -OCH3 is 1. The molecule has 120 valence electrons. The summed E-state index contributed by atoms with van der Waals surface area (Å²) in [5, 5.41) is 13.5. The lowest BCUT2D eigenvalue weighted by molar-refractivity contribution is -0.384. The number of ether oxygens (including phenoxy) is 1. The normalized spacial score (nSPS) is 15.3. The molecular weight excluding hydrogens is 286 g/mol. The van der Waals surface area contributed by atoms with Crippen LogP contribution >= 0.6 is 0 Å². The molecule has 0 aliphatic carbocycles. The molecule has 1 N–H and O–H groups in total. The van der Waals surface area contributed by atoms with E-state index in [9.17, 15) is 14.9 Å². The van der Waals surface area contributed by atoms with E-state index in [0.717, 1.165) is 13.1 Å². The summed E-state index contributed by atoms with van der Waals surface area (Å²) in [5.41, 5.74) is 0.257. The third kappa shape index (κ3) is 4.42. The Labute approximate surface area is 129 Å². The summed E-state index contributed by atoms with van der Waals surface area (Å²) in [5.74, 6) is 0.251. The molecule has 0 unspecified atom stereocenters. The average molecular weight is 307 g/mol. The lowest BCUT2D eigenvalue weighted by Gasteiger charge is -2.26. The SMILES string of the molecule is COc1ccc([N+](=O)[O-])cc1NC(=O)CCN1CCCCC1. The van der Waals surface area contributed by atoms with Gasteiger partial charge in [-0.2, -0.15) is 0 Å². The van der Waals surface area contributed by atoms with Gasteiger partial charge in [0, 0.05) is 25.1 Å². The van der Waals surface area contributed by atoms with Crippen LogP contribution in [0.25, 0.3) is 0 Å². The lowest BCUT2D eigenvalue weighted by Crippen LogP contribution is -2.32. The van der Waals surface area contributed by atoms with Gasteiger partial charge in [-0.25, -0.2) is 0 Å². The zero-order valence-corrected chi connectivity index (χ0v) is 12.7. The second-order valence-corrected chi connectivity index (χ2v) is 5.34. The summed E-state index contributed by atoms with van der Waals surface area (Å²) in [6.45, 7) is 2.78. The number of non-ortho nitro benzene ring substituents is 1. The van der Waals surface area contributed by atoms with E-state index in [-0.39, 0.29) is 11.6 Å². The average Bonchev–Trinajstić information content (AvgIpc) is 2.53. The molecule has 0 atom stereocenters. The molecule has 1 aromatic rings. The Morgan fingerprint density at radius 2 is 2.09 bits per heavy atom. The molecule has 0 spiro atoms. The van der Waals surface area contributed by atoms with Gasteiger partial charge in [0.05, 0.1) is 17.7 Å². The third-order valence-electron chi connectivity index (χ3n) is 3.77. The number of likely N-dealkylation sites (tertiary alicyclic amines) is 1. The van der Waals surface area contributed by atoms with E-state index in [2.05, 4.69) is 10.2 Å². The third-order valence-corrected chi connectivity index (χ3v) is 3.77. The Morgan fingerprint density at radius 1 is 1.36 bits per heavy atom. The number of benzene rings is 1. The second-order valence-electron chi connectivity index (χ2n) is 5.34. The molecule has 1 saturated heterocycles. The first kappa shape index (κ1) is 16.2. The van der Waals surface area contributed by atoms with Crippen LogP contribution in [0.15, 0.2) is 18.2 Å². The van der Waals surface area contributed by atoms with Crippen molar-refractivity contribution in [3.05, 3.63) is 28.3 Å². The summed E-state index contributed by atoms with van der Waals surface area (Å²) in [6.07, 6.45) is 3.99. The number of carbonyl (C=O) groups excluding carboxylic acids is 1. The summed E-state index contributed by atoms with van der Waals surface area (Å²) in [6, 6.07) is 4.15. The summed E-state index contributed by atoms with van der Waals surface area (Å²) in [7, 11) is 1.46. The fraction of sp³-hybridized carbons (Fsp3) is 0.533. The molecule has 2 rings (SSSR count). The first-order chi connectivity index (χ1) is 10.6. The van der Waals surface area contributed by atoms with Crippen molar-refractivity contribution in [1.82, 2.24) is 4.90 Å². The second kappa shape index (κ2) is 7.74. The van der Waals surface area contributed by atoms with Crippen LogP contribution in [0.4, 0.5) is 11.4 Å². The maximum Gasteiger partial charge on any atom is 0.271 e. The molecule has 7 nitrogen and oxygen atoms in total. The zero-order chi connectivity index (χ0) is 15.9. The Bertz CT molecular complexity index is 542. The number of hydrogen-bond acceptors (Lipinski definition) is 5. The van der Waals surface area contributed by atoms with Crippen LogP contribution < -0.4 is 10.1 Å². The Balaban J connectivity index is 1.94. The highest BCUT2D eigenvalue weighted by molar-refractivity contribution is 5.92. The molecule has 0 aromatic heterocycles. The van der Waals surface area contributed by atoms with Gasteiger partial charge >= 0.3 is 0 Å². The van der Waals surface area contributed by atoms with Crippen molar-refractivity contribution >= 4 is 17.3 Å². The summed E-state index contributed by atoms with van der Waals surface area (Å²) >= 11 is 0. The van der Waals surface area contributed by atoms with Gasteiger partial charge in [-0.15, -0.1) is 0 Å². The first-order valence-corrected chi connectivity index (χ1v) is 7.45. The van der Waals surface area contributed by atoms with Crippen LogP contribution in [0.2, 0.25) is 0 Å². The number of carbonyl (C=O) groups is 1. The van der Waals surface area contributed by atoms with Crippen molar-refractivity contribution in [3.8, 4) is 5.75 Å². The van der Waals surface area contributed by atoms with Crippen LogP contribution in [0, 0.1) is 10.1 Å². The lowest BCUT2D eigenvalue weighted by atomic mass is 10.1. The number of nitro groups is 1. The molecule has 1 aromatic carbocycles. The van der Waals surface area contributed by atoms with E-state index in [1.165, 1.54) is 44.6 Å². The van der Waals surface area contributed by atoms with Crippen molar-refractivity contribution in [3.63, 3.8) is 0 Å². The molecule has 1 heterocycles. The van der Waals surface area contributed by atoms with Gasteiger partial charge in [0.2, 0.25) is 5.91 Å². The molecule has 1 aliphatic heterocycles. The molecule has 1 amide bonds. The van der Waals surface area contributed by atoms with Gasteiger partial charge in [0.1, 0.15) is 5.75 Å². The van der Waals surface area contributed by atoms with Gasteiger partial charge in [-0.3, -0.25) is 14.9 Å². The van der Waals surface area contributed by atoms with Crippen molar-refractivity contribution < 1.29 is 14.5 Å². The van der Waals surface area contributed by atoms with Crippen LogP contribution in [0.5, 0.6) is 5.75 Å². The molecule has 1 aliphatic rings. The fourth-order valence-electron chi connectivity index (χ4n) is 2.56. The highest BCUT2D eigenvalue weighted by Crippen LogP contribution is 2.28. The molecule has 0 saturated carbocycles. The number of nitrogens with one attached hydrogen (secondary N) is 1. The summed E-state index contributed by atoms with van der Waals surface area (Å²) < 4.78 is 5.13. The Hall–Kier alpha value is -2.15. The number of nitro benzene ring substituents is 1. The van der Waals surface area contributed by atoms with E-state index in [4.69, 9.17) is 4.74 Å². The molecule has 22 heavy (non-hydrogen) atoms. The van der Waals surface area contributed by atoms with E-state index in [1.54, 1.807) is 0 Å². The minimum Gasteiger partial charge on any atom is -0.495 e. The smallest absolute Gasteiger partial charge is 0.271 e. The number of amides is 1. The van der Waals surface area contributed by atoms with Crippen LogP contribution in [0.3, 0.4) is 0 Å². The van der Waals surface area contributed by atoms with Gasteiger partial charge in [0.15, 0.2) is 0 Å². The van der Waals surface area contributed by atoms with E-state index in [1.807, 2.05) is 0 Å². The van der Waals surface area contributed by atoms with Crippen LogP contribution in [-0.4, -0.2) is 42.5 Å².